The molecule has 0 amide bonds. The molecule has 4 rings (SSSR count). The molecule has 0 aliphatic heterocycles. The molecule has 0 spiro atoms. The Morgan fingerprint density at radius 1 is 1.16 bits per heavy atom. The second-order valence-corrected chi connectivity index (χ2v) is 10.3. The quantitative estimate of drug-likeness (QED) is 0.315. The summed E-state index contributed by atoms with van der Waals surface area (Å²) >= 11 is 12.5. The van der Waals surface area contributed by atoms with Crippen molar-refractivity contribution in [2.24, 2.45) is 24.8 Å². The van der Waals surface area contributed by atoms with Crippen molar-refractivity contribution in [3.63, 3.8) is 0 Å². The van der Waals surface area contributed by atoms with Crippen LogP contribution in [0.4, 0.5) is 0 Å². The summed E-state index contributed by atoms with van der Waals surface area (Å²) in [5.41, 5.74) is 2.91. The lowest BCUT2D eigenvalue weighted by molar-refractivity contribution is -0.634. The van der Waals surface area contributed by atoms with Crippen molar-refractivity contribution in [1.29, 1.82) is 0 Å². The van der Waals surface area contributed by atoms with Gasteiger partial charge in [-0.1, -0.05) is 62.5 Å². The fourth-order valence-corrected chi connectivity index (χ4v) is 5.41. The highest BCUT2D eigenvalue weighted by Gasteiger charge is 2.34. The fourth-order valence-electron chi connectivity index (χ4n) is 5.12. The van der Waals surface area contributed by atoms with Crippen molar-refractivity contribution in [3.8, 4) is 11.4 Å². The van der Waals surface area contributed by atoms with Gasteiger partial charge in [0.2, 0.25) is 0 Å². The molecule has 6 heteroatoms. The third kappa shape index (κ3) is 4.53. The van der Waals surface area contributed by atoms with Gasteiger partial charge in [0, 0.05) is 0 Å². The molecule has 1 aliphatic carbocycles. The molecule has 3 aromatic rings. The number of ether oxygens (including phenoxy) is 1. The van der Waals surface area contributed by atoms with Crippen LogP contribution in [0.1, 0.15) is 40.0 Å². The maximum atomic E-state index is 13.2. The van der Waals surface area contributed by atoms with E-state index in [0.717, 1.165) is 35.3 Å². The minimum atomic E-state index is -0.197. The number of rotatable bonds is 5. The van der Waals surface area contributed by atoms with Crippen LogP contribution in [0.5, 0.6) is 0 Å². The molecular formula is C26H31Cl2N2O2+. The van der Waals surface area contributed by atoms with Crippen LogP contribution in [0.2, 0.25) is 10.0 Å². The fraction of sp³-hybridized carbons (Fsp3) is 0.462. The number of aromatic nitrogens is 2. The van der Waals surface area contributed by atoms with Gasteiger partial charge in [0.15, 0.2) is 17.6 Å². The molecule has 1 saturated carbocycles. The van der Waals surface area contributed by atoms with Crippen LogP contribution in [0.3, 0.4) is 0 Å². The Morgan fingerprint density at radius 2 is 1.91 bits per heavy atom. The predicted molar refractivity (Wildman–Crippen MR) is 130 cm³/mol. The second kappa shape index (κ2) is 9.44. The first-order valence-corrected chi connectivity index (χ1v) is 12.1. The van der Waals surface area contributed by atoms with Crippen LogP contribution in [0.25, 0.3) is 22.4 Å². The Balaban J connectivity index is 1.69. The van der Waals surface area contributed by atoms with Crippen molar-refractivity contribution in [1.82, 2.24) is 4.57 Å². The van der Waals surface area contributed by atoms with E-state index >= 15 is 0 Å². The van der Waals surface area contributed by atoms with E-state index < -0.39 is 0 Å². The molecule has 1 unspecified atom stereocenters. The van der Waals surface area contributed by atoms with Gasteiger partial charge in [-0.2, -0.15) is 0 Å². The third-order valence-corrected chi connectivity index (χ3v) is 7.56. The minimum absolute atomic E-state index is 0.0183. The van der Waals surface area contributed by atoms with Gasteiger partial charge in [0.05, 0.1) is 22.7 Å². The van der Waals surface area contributed by atoms with E-state index in [1.54, 1.807) is 6.07 Å². The Bertz CT molecular complexity index is 1140. The number of aryl methyl sites for hydroxylation is 1. The van der Waals surface area contributed by atoms with Crippen LogP contribution in [0.15, 0.2) is 42.5 Å². The summed E-state index contributed by atoms with van der Waals surface area (Å²) in [7, 11) is 2.00. The summed E-state index contributed by atoms with van der Waals surface area (Å²) in [6, 6.07) is 13.6. The highest BCUT2D eigenvalue weighted by molar-refractivity contribution is 6.42. The molecule has 1 aromatic heterocycles. The largest absolute Gasteiger partial charge is 0.459 e. The summed E-state index contributed by atoms with van der Waals surface area (Å²) < 4.78 is 10.2. The molecule has 0 radical (unpaired) electrons. The van der Waals surface area contributed by atoms with E-state index in [2.05, 4.69) is 31.4 Å². The van der Waals surface area contributed by atoms with Gasteiger partial charge in [0.1, 0.15) is 6.10 Å². The zero-order chi connectivity index (χ0) is 23.0. The number of fused-ring (bicyclic) bond motifs is 1. The lowest BCUT2D eigenvalue weighted by atomic mass is 9.75. The molecule has 0 saturated heterocycles. The Labute approximate surface area is 200 Å². The predicted octanol–water partition coefficient (Wildman–Crippen LogP) is 6.44. The molecule has 1 heterocycles. The highest BCUT2D eigenvalue weighted by atomic mass is 35.5. The number of benzene rings is 2. The van der Waals surface area contributed by atoms with Crippen molar-refractivity contribution < 1.29 is 14.1 Å². The molecule has 1 fully saturated rings. The number of carbonyl (C=O) groups excluding carboxylic acids is 1. The number of halogens is 2. The molecule has 32 heavy (non-hydrogen) atoms. The second-order valence-electron chi connectivity index (χ2n) is 9.44. The van der Waals surface area contributed by atoms with E-state index in [-0.39, 0.29) is 18.6 Å². The lowest BCUT2D eigenvalue weighted by Gasteiger charge is -2.36. The van der Waals surface area contributed by atoms with Crippen LogP contribution in [0, 0.1) is 17.8 Å². The molecular weight excluding hydrogens is 443 g/mol. The number of hydrogen-bond donors (Lipinski definition) is 0. The molecule has 4 nitrogen and oxygen atoms in total. The molecule has 0 bridgehead atoms. The van der Waals surface area contributed by atoms with Crippen LogP contribution in [-0.2, 0) is 23.1 Å². The molecule has 2 aromatic carbocycles. The first kappa shape index (κ1) is 23.1. The van der Waals surface area contributed by atoms with Crippen LogP contribution >= 0.6 is 23.2 Å². The van der Waals surface area contributed by atoms with Crippen LogP contribution < -0.4 is 4.57 Å². The van der Waals surface area contributed by atoms with E-state index in [1.165, 1.54) is 6.42 Å². The number of para-hydroxylation sites is 2. The van der Waals surface area contributed by atoms with E-state index in [1.807, 2.05) is 41.9 Å². The Morgan fingerprint density at radius 3 is 2.62 bits per heavy atom. The van der Waals surface area contributed by atoms with Gasteiger partial charge >= 0.3 is 5.97 Å². The summed E-state index contributed by atoms with van der Waals surface area (Å²) in [4.78, 5) is 13.2. The smallest absolute Gasteiger partial charge is 0.348 e. The maximum absolute atomic E-state index is 13.2. The molecule has 0 N–H and O–H groups in total. The zero-order valence-corrected chi connectivity index (χ0v) is 20.7. The number of nitrogens with zero attached hydrogens (tertiary/aromatic N) is 2. The monoisotopic (exact) mass is 473 g/mol. The van der Waals surface area contributed by atoms with Gasteiger partial charge in [-0.3, -0.25) is 0 Å². The van der Waals surface area contributed by atoms with Crippen molar-refractivity contribution in [2.75, 3.05) is 0 Å². The highest BCUT2D eigenvalue weighted by Crippen LogP contribution is 2.36. The summed E-state index contributed by atoms with van der Waals surface area (Å²) in [6.07, 6.45) is 3.24. The Hall–Kier alpha value is -2.04. The SMILES string of the molecule is CC(C)[C@@H]1CC[C@@H](C)CC1OC(=O)Cn1c(-c2ccc(Cl)c(Cl)c2)[n+](C)c2ccccc21. The normalized spacial score (nSPS) is 21.3. The summed E-state index contributed by atoms with van der Waals surface area (Å²) in [5, 5.41) is 0.991. The number of imidazole rings is 1. The average molecular weight is 474 g/mol. The molecule has 3 atom stereocenters. The van der Waals surface area contributed by atoms with Crippen molar-refractivity contribution in [3.05, 3.63) is 52.5 Å². The number of esters is 1. The van der Waals surface area contributed by atoms with Crippen LogP contribution in [-0.4, -0.2) is 16.6 Å². The zero-order valence-electron chi connectivity index (χ0n) is 19.1. The first-order valence-electron chi connectivity index (χ1n) is 11.4. The lowest BCUT2D eigenvalue weighted by Crippen LogP contribution is -2.37. The summed E-state index contributed by atoms with van der Waals surface area (Å²) in [5.74, 6) is 2.19. The minimum Gasteiger partial charge on any atom is -0.459 e. The number of carbonyl (C=O) groups is 1. The van der Waals surface area contributed by atoms with Gasteiger partial charge in [0.25, 0.3) is 5.82 Å². The maximum Gasteiger partial charge on any atom is 0.348 e. The van der Waals surface area contributed by atoms with E-state index in [0.29, 0.717) is 27.8 Å². The van der Waals surface area contributed by atoms with Gasteiger partial charge < -0.3 is 4.74 Å². The molecule has 170 valence electrons. The average Bonchev–Trinajstić information content (AvgIpc) is 3.02. The van der Waals surface area contributed by atoms with E-state index in [4.69, 9.17) is 27.9 Å². The topological polar surface area (TPSA) is 35.1 Å². The third-order valence-electron chi connectivity index (χ3n) is 6.82. The van der Waals surface area contributed by atoms with E-state index in [9.17, 15) is 4.79 Å². The summed E-state index contributed by atoms with van der Waals surface area (Å²) in [6.45, 7) is 6.85. The van der Waals surface area contributed by atoms with Gasteiger partial charge in [-0.25, -0.2) is 13.9 Å². The van der Waals surface area contributed by atoms with Crippen molar-refractivity contribution in [2.45, 2.75) is 52.7 Å². The van der Waals surface area contributed by atoms with Gasteiger partial charge in [-0.05, 0) is 60.9 Å². The van der Waals surface area contributed by atoms with Gasteiger partial charge in [-0.15, -0.1) is 0 Å². The molecule has 1 aliphatic rings. The number of hydrogen-bond acceptors (Lipinski definition) is 2. The standard InChI is InChI=1S/C26H31Cl2N2O2/c1-16(2)19-11-9-17(3)13-24(19)32-25(31)15-30-23-8-6-5-7-22(23)29(4)26(30)18-10-12-20(27)21(28)14-18/h5-8,10,12,14,16-17,19,24H,9,11,13,15H2,1-4H3/q+1/t17-,19+,24?/m1/s1. The Kier molecular flexibility index (Phi) is 6.83. The van der Waals surface area contributed by atoms with Crippen molar-refractivity contribution >= 4 is 40.2 Å². The first-order chi connectivity index (χ1) is 15.3.